The highest BCUT2D eigenvalue weighted by Crippen LogP contribution is 2.29. The van der Waals surface area contributed by atoms with Gasteiger partial charge in [0, 0.05) is 38.3 Å². The fraction of sp³-hybridized carbons (Fsp3) is 0.387. The lowest BCUT2D eigenvalue weighted by Crippen LogP contribution is -2.48. The molecule has 2 aliphatic rings. The van der Waals surface area contributed by atoms with Gasteiger partial charge in [0.05, 0.1) is 60.2 Å². The van der Waals surface area contributed by atoms with Crippen LogP contribution in [0.25, 0.3) is 11.0 Å². The zero-order valence-corrected chi connectivity index (χ0v) is 24.4. The number of hydrogen-bond acceptors (Lipinski definition) is 10. The minimum atomic E-state index is -0.750. The van der Waals surface area contributed by atoms with E-state index in [-0.39, 0.29) is 35.8 Å². The maximum Gasteiger partial charge on any atom is 0.337 e. The molecule has 1 unspecified atom stereocenters. The summed E-state index contributed by atoms with van der Waals surface area (Å²) >= 11 is 0. The van der Waals surface area contributed by atoms with E-state index in [1.807, 2.05) is 23.1 Å². The van der Waals surface area contributed by atoms with Gasteiger partial charge in [-0.25, -0.2) is 19.2 Å². The molecule has 2 atom stereocenters. The van der Waals surface area contributed by atoms with Crippen LogP contribution in [0.3, 0.4) is 0 Å². The van der Waals surface area contributed by atoms with Crippen molar-refractivity contribution < 1.29 is 27.8 Å². The van der Waals surface area contributed by atoms with Crippen molar-refractivity contribution in [2.24, 2.45) is 0 Å². The van der Waals surface area contributed by atoms with Crippen LogP contribution in [0.1, 0.15) is 46.7 Å². The van der Waals surface area contributed by atoms with E-state index < -0.39 is 17.6 Å². The topological polar surface area (TPSA) is 119 Å². The first-order valence-electron chi connectivity index (χ1n) is 14.4. The molecule has 6 rings (SSSR count). The maximum atomic E-state index is 14.5. The molecule has 44 heavy (non-hydrogen) atoms. The first-order valence-corrected chi connectivity index (χ1v) is 14.4. The van der Waals surface area contributed by atoms with Crippen molar-refractivity contribution in [2.75, 3.05) is 44.8 Å². The summed E-state index contributed by atoms with van der Waals surface area (Å²) in [6, 6.07) is 11.2. The van der Waals surface area contributed by atoms with Crippen LogP contribution < -0.4 is 9.64 Å². The molecule has 0 aliphatic carbocycles. The second-order valence-electron chi connectivity index (χ2n) is 10.8. The Kier molecular flexibility index (Phi) is 8.36. The third-order valence-electron chi connectivity index (χ3n) is 8.14. The Labute approximate surface area is 252 Å². The molecular formula is C31H31F2N7O4. The molecule has 0 radical (unpaired) electrons. The number of carbonyl (C=O) groups excluding carboxylic acids is 1. The molecule has 11 nitrogen and oxygen atoms in total. The van der Waals surface area contributed by atoms with Crippen LogP contribution in [-0.2, 0) is 22.6 Å². The molecule has 4 aromatic rings. The van der Waals surface area contributed by atoms with Gasteiger partial charge in [-0.2, -0.15) is 14.6 Å². The van der Waals surface area contributed by atoms with E-state index in [1.54, 1.807) is 6.07 Å². The van der Waals surface area contributed by atoms with E-state index in [4.69, 9.17) is 24.5 Å². The number of benzene rings is 2. The van der Waals surface area contributed by atoms with E-state index in [9.17, 15) is 13.6 Å². The second-order valence-corrected chi connectivity index (χ2v) is 10.8. The average Bonchev–Trinajstić information content (AvgIpc) is 3.39. The molecule has 0 amide bonds. The lowest BCUT2D eigenvalue weighted by atomic mass is 10.1. The van der Waals surface area contributed by atoms with Crippen LogP contribution in [0.4, 0.5) is 14.7 Å². The van der Waals surface area contributed by atoms with Gasteiger partial charge in [-0.3, -0.25) is 4.90 Å². The molecule has 0 spiro atoms. The van der Waals surface area contributed by atoms with E-state index in [1.165, 1.54) is 19.2 Å². The largest absolute Gasteiger partial charge is 0.470 e. The lowest BCUT2D eigenvalue weighted by Gasteiger charge is -2.38. The fourth-order valence-corrected chi connectivity index (χ4v) is 5.48. The molecule has 0 bridgehead atoms. The van der Waals surface area contributed by atoms with Gasteiger partial charge in [0.25, 0.3) is 5.88 Å². The number of fused-ring (bicyclic) bond motifs is 1. The molecular weight excluding hydrogens is 572 g/mol. The number of anilines is 1. The minimum absolute atomic E-state index is 0.0402. The molecule has 13 heteroatoms. The third-order valence-corrected chi connectivity index (χ3v) is 8.14. The highest BCUT2D eigenvalue weighted by atomic mass is 19.1. The Morgan fingerprint density at radius 2 is 1.93 bits per heavy atom. The first kappa shape index (κ1) is 29.4. The van der Waals surface area contributed by atoms with Gasteiger partial charge >= 0.3 is 5.97 Å². The molecule has 2 fully saturated rings. The summed E-state index contributed by atoms with van der Waals surface area (Å²) in [5, 5.41) is 8.93. The van der Waals surface area contributed by atoms with Crippen molar-refractivity contribution in [3.05, 3.63) is 76.7 Å². The quantitative estimate of drug-likeness (QED) is 0.260. The van der Waals surface area contributed by atoms with Crippen LogP contribution in [0.5, 0.6) is 5.88 Å². The normalized spacial score (nSPS) is 17.6. The number of ether oxygens (including phenoxy) is 3. The summed E-state index contributed by atoms with van der Waals surface area (Å²) in [4.78, 5) is 29.9. The molecule has 0 N–H and O–H groups in total. The highest BCUT2D eigenvalue weighted by molar-refractivity contribution is 5.93. The zero-order chi connectivity index (χ0) is 30.8. The number of piperazine rings is 1. The number of aromatic nitrogens is 4. The summed E-state index contributed by atoms with van der Waals surface area (Å²) in [6.07, 6.45) is 2.11. The van der Waals surface area contributed by atoms with Gasteiger partial charge in [-0.1, -0.05) is 6.07 Å². The molecule has 4 heterocycles. The molecule has 2 saturated heterocycles. The molecule has 2 aliphatic heterocycles. The first-order chi connectivity index (χ1) is 21.3. The highest BCUT2D eigenvalue weighted by Gasteiger charge is 2.30. The standard InChI is InChI=1S/C31H31F2N7O4/c1-19(28-36-26-6-5-21(30(41)42-2)14-27(26)40(28)17-23-7-12-43-23)38-8-10-39(11-9-38)31-35-16-25(33)29(37-31)44-18-22-4-3-20(15-34)13-24(22)32/h3-6,13-14,16,19,23H,7-12,17-18H2,1-2H3/t19?,23-/m0/s1. The monoisotopic (exact) mass is 603 g/mol. The Bertz CT molecular complexity index is 1730. The average molecular weight is 604 g/mol. The van der Waals surface area contributed by atoms with Crippen molar-refractivity contribution in [3.8, 4) is 11.9 Å². The SMILES string of the molecule is COC(=O)c1ccc2nc(C(C)N3CCN(c4ncc(F)c(OCc5ccc(C#N)cc5F)n4)CC3)n(C[C@@H]3CCO3)c2c1. The number of nitrogens with zero attached hydrogens (tertiary/aromatic N) is 7. The third kappa shape index (κ3) is 5.91. The van der Waals surface area contributed by atoms with Gasteiger partial charge in [0.15, 0.2) is 0 Å². The van der Waals surface area contributed by atoms with Crippen molar-refractivity contribution in [1.29, 1.82) is 5.26 Å². The van der Waals surface area contributed by atoms with Gasteiger partial charge in [-0.05, 0) is 43.7 Å². The fourth-order valence-electron chi connectivity index (χ4n) is 5.48. The van der Waals surface area contributed by atoms with Crippen molar-refractivity contribution >= 4 is 23.0 Å². The van der Waals surface area contributed by atoms with Crippen LogP contribution >= 0.6 is 0 Å². The summed E-state index contributed by atoms with van der Waals surface area (Å²) in [6.45, 7) is 5.75. The number of imidazole rings is 1. The number of rotatable bonds is 9. The molecule has 0 saturated carbocycles. The van der Waals surface area contributed by atoms with E-state index in [2.05, 4.69) is 26.4 Å². The van der Waals surface area contributed by atoms with E-state index in [0.29, 0.717) is 44.2 Å². The second kappa shape index (κ2) is 12.5. The van der Waals surface area contributed by atoms with Gasteiger partial charge in [0.1, 0.15) is 18.2 Å². The smallest absolute Gasteiger partial charge is 0.337 e. The predicted octanol–water partition coefficient (Wildman–Crippen LogP) is 4.01. The number of hydrogen-bond donors (Lipinski definition) is 0. The Balaban J connectivity index is 1.15. The van der Waals surface area contributed by atoms with Crippen LogP contribution in [0.15, 0.2) is 42.6 Å². The van der Waals surface area contributed by atoms with E-state index in [0.717, 1.165) is 42.1 Å². The molecule has 2 aromatic heterocycles. The Morgan fingerprint density at radius 1 is 1.14 bits per heavy atom. The van der Waals surface area contributed by atoms with Gasteiger partial charge < -0.3 is 23.7 Å². The summed E-state index contributed by atoms with van der Waals surface area (Å²) < 4.78 is 47.1. The van der Waals surface area contributed by atoms with Crippen molar-refractivity contribution in [1.82, 2.24) is 24.4 Å². The maximum absolute atomic E-state index is 14.5. The lowest BCUT2D eigenvalue weighted by molar-refractivity contribution is -0.0594. The van der Waals surface area contributed by atoms with E-state index >= 15 is 0 Å². The molecule has 2 aromatic carbocycles. The van der Waals surface area contributed by atoms with Crippen LogP contribution in [0, 0.1) is 23.0 Å². The minimum Gasteiger partial charge on any atom is -0.470 e. The summed E-state index contributed by atoms with van der Waals surface area (Å²) in [7, 11) is 1.36. The van der Waals surface area contributed by atoms with Gasteiger partial charge in [0.2, 0.25) is 11.8 Å². The Hall–Kier alpha value is -4.67. The summed E-state index contributed by atoms with van der Waals surface area (Å²) in [5.41, 5.74) is 2.49. The zero-order valence-electron chi connectivity index (χ0n) is 24.4. The number of carbonyl (C=O) groups is 1. The number of nitriles is 1. The predicted molar refractivity (Wildman–Crippen MR) is 155 cm³/mol. The van der Waals surface area contributed by atoms with Crippen molar-refractivity contribution in [2.45, 2.75) is 38.6 Å². The van der Waals surface area contributed by atoms with Crippen LogP contribution in [0.2, 0.25) is 0 Å². The molecule has 228 valence electrons. The summed E-state index contributed by atoms with van der Waals surface area (Å²) in [5.74, 6) is -0.828. The number of halogens is 2. The Morgan fingerprint density at radius 3 is 2.61 bits per heavy atom. The van der Waals surface area contributed by atoms with Crippen LogP contribution in [-0.4, -0.2) is 76.4 Å². The van der Waals surface area contributed by atoms with Crippen molar-refractivity contribution in [3.63, 3.8) is 0 Å². The van der Waals surface area contributed by atoms with Gasteiger partial charge in [-0.15, -0.1) is 0 Å². The number of methoxy groups -OCH3 is 1. The number of esters is 1.